The molecule has 1 saturated carbocycles. The van der Waals surface area contributed by atoms with Crippen molar-refractivity contribution in [3.05, 3.63) is 12.2 Å². The molecule has 2 fully saturated rings. The van der Waals surface area contributed by atoms with E-state index in [1.54, 1.807) is 7.05 Å². The maximum Gasteiger partial charge on any atom is 0.233 e. The molecule has 3 aliphatic rings. The Labute approximate surface area is 121 Å². The third-order valence-corrected chi connectivity index (χ3v) is 5.91. The van der Waals surface area contributed by atoms with Crippen LogP contribution in [0.2, 0.25) is 0 Å². The summed E-state index contributed by atoms with van der Waals surface area (Å²) in [6.07, 6.45) is 9.48. The SMILES string of the molecule is C[C@@H]1CCCC[C@H]1[C@@H]1C=C[C@H](C)[C@@H]2C(=O)N(C)C(=O)[C@H]12. The lowest BCUT2D eigenvalue weighted by molar-refractivity contribution is -0.138. The van der Waals surface area contributed by atoms with E-state index in [-0.39, 0.29) is 35.5 Å². The highest BCUT2D eigenvalue weighted by Gasteiger charge is 2.54. The number of allylic oxidation sites excluding steroid dienone is 2. The third kappa shape index (κ3) is 1.94. The van der Waals surface area contributed by atoms with E-state index in [4.69, 9.17) is 0 Å². The Morgan fingerprint density at radius 3 is 2.35 bits per heavy atom. The zero-order valence-electron chi connectivity index (χ0n) is 12.7. The van der Waals surface area contributed by atoms with E-state index in [9.17, 15) is 9.59 Å². The van der Waals surface area contributed by atoms with Crippen molar-refractivity contribution in [2.75, 3.05) is 7.05 Å². The number of likely N-dealkylation sites (tertiary alicyclic amines) is 1. The van der Waals surface area contributed by atoms with Crippen LogP contribution in [0.15, 0.2) is 12.2 Å². The number of carbonyl (C=O) groups is 2. The Balaban J connectivity index is 1.93. The quantitative estimate of drug-likeness (QED) is 0.545. The van der Waals surface area contributed by atoms with E-state index >= 15 is 0 Å². The lowest BCUT2D eigenvalue weighted by Gasteiger charge is -2.40. The maximum absolute atomic E-state index is 12.5. The smallest absolute Gasteiger partial charge is 0.233 e. The van der Waals surface area contributed by atoms with Gasteiger partial charge in [0.2, 0.25) is 11.8 Å². The molecule has 3 rings (SSSR count). The van der Waals surface area contributed by atoms with Crippen LogP contribution in [0, 0.1) is 35.5 Å². The molecule has 0 aromatic heterocycles. The van der Waals surface area contributed by atoms with Gasteiger partial charge in [-0.25, -0.2) is 0 Å². The molecule has 0 N–H and O–H groups in total. The van der Waals surface area contributed by atoms with Gasteiger partial charge in [0.1, 0.15) is 0 Å². The molecular weight excluding hydrogens is 250 g/mol. The van der Waals surface area contributed by atoms with E-state index in [1.165, 1.54) is 30.6 Å². The van der Waals surface area contributed by atoms with Crippen molar-refractivity contribution in [2.24, 2.45) is 35.5 Å². The van der Waals surface area contributed by atoms with Gasteiger partial charge in [-0.2, -0.15) is 0 Å². The van der Waals surface area contributed by atoms with Gasteiger partial charge in [-0.15, -0.1) is 0 Å². The van der Waals surface area contributed by atoms with E-state index < -0.39 is 0 Å². The molecule has 1 saturated heterocycles. The molecule has 20 heavy (non-hydrogen) atoms. The molecule has 3 heteroatoms. The van der Waals surface area contributed by atoms with Gasteiger partial charge >= 0.3 is 0 Å². The number of nitrogens with zero attached hydrogens (tertiary/aromatic N) is 1. The molecule has 0 unspecified atom stereocenters. The van der Waals surface area contributed by atoms with Gasteiger partial charge in [0.05, 0.1) is 11.8 Å². The fourth-order valence-corrected chi connectivity index (χ4v) is 4.69. The van der Waals surface area contributed by atoms with E-state index in [0.717, 1.165) is 0 Å². The number of rotatable bonds is 1. The van der Waals surface area contributed by atoms with Crippen LogP contribution in [-0.2, 0) is 9.59 Å². The van der Waals surface area contributed by atoms with E-state index in [0.29, 0.717) is 11.8 Å². The van der Waals surface area contributed by atoms with Gasteiger partial charge in [-0.1, -0.05) is 45.3 Å². The van der Waals surface area contributed by atoms with Crippen molar-refractivity contribution >= 4 is 11.8 Å². The third-order valence-electron chi connectivity index (χ3n) is 5.91. The maximum atomic E-state index is 12.5. The summed E-state index contributed by atoms with van der Waals surface area (Å²) in [5.41, 5.74) is 0. The molecule has 6 atom stereocenters. The molecule has 3 nitrogen and oxygen atoms in total. The van der Waals surface area contributed by atoms with Crippen LogP contribution < -0.4 is 0 Å². The fraction of sp³-hybridized carbons (Fsp3) is 0.765. The average Bonchev–Trinajstić information content (AvgIpc) is 2.66. The first-order chi connectivity index (χ1) is 9.52. The van der Waals surface area contributed by atoms with Crippen LogP contribution in [0.4, 0.5) is 0 Å². The van der Waals surface area contributed by atoms with Crippen molar-refractivity contribution in [1.29, 1.82) is 0 Å². The van der Waals surface area contributed by atoms with Crippen LogP contribution in [0.5, 0.6) is 0 Å². The highest BCUT2D eigenvalue weighted by molar-refractivity contribution is 6.05. The lowest BCUT2D eigenvalue weighted by atomic mass is 9.62. The molecule has 0 aromatic rings. The standard InChI is InChI=1S/C17H25NO2/c1-10-6-4-5-7-12(10)13-9-8-11(2)14-15(13)17(20)18(3)16(14)19/h8-15H,4-7H2,1-3H3/t10-,11+,12-,13+,14+,15-/m1/s1. The molecule has 0 aromatic carbocycles. The van der Waals surface area contributed by atoms with Crippen molar-refractivity contribution in [1.82, 2.24) is 4.90 Å². The lowest BCUT2D eigenvalue weighted by Crippen LogP contribution is -2.39. The summed E-state index contributed by atoms with van der Waals surface area (Å²) in [5.74, 6) is 1.58. The summed E-state index contributed by atoms with van der Waals surface area (Å²) in [6, 6.07) is 0. The summed E-state index contributed by atoms with van der Waals surface area (Å²) in [5, 5.41) is 0. The molecule has 1 aliphatic heterocycles. The van der Waals surface area contributed by atoms with Crippen LogP contribution in [0.1, 0.15) is 39.5 Å². The minimum absolute atomic E-state index is 0.0327. The minimum Gasteiger partial charge on any atom is -0.285 e. The van der Waals surface area contributed by atoms with Gasteiger partial charge in [0.25, 0.3) is 0 Å². The van der Waals surface area contributed by atoms with Gasteiger partial charge in [0, 0.05) is 7.05 Å². The van der Waals surface area contributed by atoms with E-state index in [1.807, 2.05) is 0 Å². The van der Waals surface area contributed by atoms with Gasteiger partial charge < -0.3 is 0 Å². The highest BCUT2D eigenvalue weighted by atomic mass is 16.2. The van der Waals surface area contributed by atoms with Crippen LogP contribution in [0.3, 0.4) is 0 Å². The van der Waals surface area contributed by atoms with Gasteiger partial charge in [-0.05, 0) is 30.1 Å². The molecule has 110 valence electrons. The van der Waals surface area contributed by atoms with Crippen molar-refractivity contribution in [2.45, 2.75) is 39.5 Å². The summed E-state index contributed by atoms with van der Waals surface area (Å²) < 4.78 is 0. The van der Waals surface area contributed by atoms with Crippen LogP contribution in [0.25, 0.3) is 0 Å². The van der Waals surface area contributed by atoms with Crippen molar-refractivity contribution in [3.63, 3.8) is 0 Å². The topological polar surface area (TPSA) is 37.4 Å². The Morgan fingerprint density at radius 1 is 1.00 bits per heavy atom. The summed E-state index contributed by atoms with van der Waals surface area (Å²) >= 11 is 0. The van der Waals surface area contributed by atoms with Gasteiger partial charge in [0.15, 0.2) is 0 Å². The second-order valence-electron chi connectivity index (χ2n) is 7.03. The zero-order chi connectivity index (χ0) is 14.4. The molecular formula is C17H25NO2. The summed E-state index contributed by atoms with van der Waals surface area (Å²) in [6.45, 7) is 4.38. The number of hydrogen-bond acceptors (Lipinski definition) is 2. The Hall–Kier alpha value is -1.12. The largest absolute Gasteiger partial charge is 0.285 e. The number of amides is 2. The summed E-state index contributed by atoms with van der Waals surface area (Å²) in [4.78, 5) is 26.2. The number of fused-ring (bicyclic) bond motifs is 1. The molecule has 0 bridgehead atoms. The first-order valence-electron chi connectivity index (χ1n) is 8.02. The Morgan fingerprint density at radius 2 is 1.65 bits per heavy atom. The molecule has 1 heterocycles. The summed E-state index contributed by atoms with van der Waals surface area (Å²) in [7, 11) is 1.65. The molecule has 0 spiro atoms. The fourth-order valence-electron chi connectivity index (χ4n) is 4.69. The van der Waals surface area contributed by atoms with Crippen LogP contribution >= 0.6 is 0 Å². The average molecular weight is 275 g/mol. The van der Waals surface area contributed by atoms with E-state index in [2.05, 4.69) is 26.0 Å². The second kappa shape index (κ2) is 5.01. The number of carbonyl (C=O) groups excluding carboxylic acids is 2. The normalized spacial score (nSPS) is 44.9. The van der Waals surface area contributed by atoms with Crippen LogP contribution in [-0.4, -0.2) is 23.8 Å². The van der Waals surface area contributed by atoms with Gasteiger partial charge in [-0.3, -0.25) is 14.5 Å². The van der Waals surface area contributed by atoms with Crippen molar-refractivity contribution < 1.29 is 9.59 Å². The molecule has 2 aliphatic carbocycles. The highest BCUT2D eigenvalue weighted by Crippen LogP contribution is 2.48. The first kappa shape index (κ1) is 13.8. The Bertz CT molecular complexity index is 456. The molecule has 2 amide bonds. The second-order valence-corrected chi connectivity index (χ2v) is 7.03. The number of imide groups is 1. The minimum atomic E-state index is -0.114. The predicted octanol–water partition coefficient (Wildman–Crippen LogP) is 2.87. The zero-order valence-corrected chi connectivity index (χ0v) is 12.7. The van der Waals surface area contributed by atoms with Crippen molar-refractivity contribution in [3.8, 4) is 0 Å². The number of hydrogen-bond donors (Lipinski definition) is 0. The Kier molecular flexibility index (Phi) is 3.47. The molecule has 0 radical (unpaired) electrons. The predicted molar refractivity (Wildman–Crippen MR) is 77.7 cm³/mol. The monoisotopic (exact) mass is 275 g/mol. The first-order valence-corrected chi connectivity index (χ1v) is 8.02.